The maximum atomic E-state index is 12.8. The van der Waals surface area contributed by atoms with E-state index in [9.17, 15) is 23.3 Å². The maximum Gasteiger partial charge on any atom is 0.269 e. The van der Waals surface area contributed by atoms with Gasteiger partial charge in [0.15, 0.2) is 0 Å². The Kier molecular flexibility index (Phi) is 7.29. The average molecular weight is 420 g/mol. The summed E-state index contributed by atoms with van der Waals surface area (Å²) in [5, 5.41) is 16.2. The van der Waals surface area contributed by atoms with Crippen molar-refractivity contribution < 1.29 is 18.1 Å². The molecule has 0 aliphatic carbocycles. The van der Waals surface area contributed by atoms with E-state index < -0.39 is 14.9 Å². The highest BCUT2D eigenvalue weighted by atomic mass is 32.2. The standard InChI is InChI=1S/C19H24N4O5S/c1-4-22(5-2)29(27,28)18-12-16(7-6-14(18)3)21-19(24)13-20-15-8-10-17(11-9-15)23(25)26/h6-12,20H,4-5,13H2,1-3H3,(H,21,24). The molecule has 156 valence electrons. The number of rotatable bonds is 9. The number of non-ortho nitro benzene ring substituents is 1. The van der Waals surface area contributed by atoms with Crippen molar-refractivity contribution in [2.45, 2.75) is 25.7 Å². The number of nitrogens with one attached hydrogen (secondary N) is 2. The van der Waals surface area contributed by atoms with Crippen LogP contribution in [0.2, 0.25) is 0 Å². The van der Waals surface area contributed by atoms with E-state index in [-0.39, 0.29) is 23.0 Å². The van der Waals surface area contributed by atoms with Crippen molar-refractivity contribution in [1.82, 2.24) is 4.31 Å². The molecule has 0 bridgehead atoms. The van der Waals surface area contributed by atoms with Crippen LogP contribution in [0.5, 0.6) is 0 Å². The lowest BCUT2D eigenvalue weighted by atomic mass is 10.2. The lowest BCUT2D eigenvalue weighted by Crippen LogP contribution is -2.31. The molecule has 0 heterocycles. The lowest BCUT2D eigenvalue weighted by Gasteiger charge is -2.20. The molecule has 0 aromatic heterocycles. The topological polar surface area (TPSA) is 122 Å². The fourth-order valence-corrected chi connectivity index (χ4v) is 4.46. The Morgan fingerprint density at radius 3 is 2.21 bits per heavy atom. The number of nitro benzene ring substituents is 1. The van der Waals surface area contributed by atoms with E-state index in [2.05, 4.69) is 10.6 Å². The highest BCUT2D eigenvalue weighted by Crippen LogP contribution is 2.23. The van der Waals surface area contributed by atoms with Crippen LogP contribution in [0.15, 0.2) is 47.4 Å². The number of hydrogen-bond donors (Lipinski definition) is 2. The third-order valence-corrected chi connectivity index (χ3v) is 6.52. The predicted molar refractivity (Wildman–Crippen MR) is 112 cm³/mol. The summed E-state index contributed by atoms with van der Waals surface area (Å²) in [6.07, 6.45) is 0. The number of benzene rings is 2. The molecule has 0 saturated heterocycles. The van der Waals surface area contributed by atoms with Crippen molar-refractivity contribution in [3.63, 3.8) is 0 Å². The van der Waals surface area contributed by atoms with E-state index in [1.54, 1.807) is 32.9 Å². The molecule has 0 aliphatic heterocycles. The van der Waals surface area contributed by atoms with Crippen LogP contribution in [0.3, 0.4) is 0 Å². The third-order valence-electron chi connectivity index (χ3n) is 4.33. The molecule has 0 unspecified atom stereocenters. The molecule has 10 heteroatoms. The summed E-state index contributed by atoms with van der Waals surface area (Å²) in [5.74, 6) is -0.376. The number of sulfonamides is 1. The first kappa shape index (κ1) is 22.3. The van der Waals surface area contributed by atoms with Crippen LogP contribution in [0, 0.1) is 17.0 Å². The summed E-state index contributed by atoms with van der Waals surface area (Å²) >= 11 is 0. The molecule has 0 radical (unpaired) electrons. The van der Waals surface area contributed by atoms with Crippen molar-refractivity contribution in [1.29, 1.82) is 0 Å². The van der Waals surface area contributed by atoms with Gasteiger partial charge in [0, 0.05) is 36.6 Å². The van der Waals surface area contributed by atoms with E-state index in [4.69, 9.17) is 0 Å². The van der Waals surface area contributed by atoms with Crippen molar-refractivity contribution in [2.75, 3.05) is 30.3 Å². The molecule has 0 atom stereocenters. The van der Waals surface area contributed by atoms with E-state index >= 15 is 0 Å². The Morgan fingerprint density at radius 2 is 1.66 bits per heavy atom. The maximum absolute atomic E-state index is 12.8. The Hall–Kier alpha value is -2.98. The molecular weight excluding hydrogens is 396 g/mol. The summed E-state index contributed by atoms with van der Waals surface area (Å²) in [5.41, 5.74) is 1.48. The van der Waals surface area contributed by atoms with Gasteiger partial charge in [-0.15, -0.1) is 0 Å². The predicted octanol–water partition coefficient (Wildman–Crippen LogP) is 2.98. The van der Waals surface area contributed by atoms with Gasteiger partial charge in [0.25, 0.3) is 5.69 Å². The molecular formula is C19H24N4O5S. The largest absolute Gasteiger partial charge is 0.376 e. The second-order valence-corrected chi connectivity index (χ2v) is 8.18. The minimum atomic E-state index is -3.65. The third kappa shape index (κ3) is 5.52. The smallest absolute Gasteiger partial charge is 0.269 e. The SMILES string of the molecule is CCN(CC)S(=O)(=O)c1cc(NC(=O)CNc2ccc([N+](=O)[O-])cc2)ccc1C. The highest BCUT2D eigenvalue weighted by molar-refractivity contribution is 7.89. The van der Waals surface area contributed by atoms with E-state index in [1.165, 1.54) is 34.6 Å². The molecule has 0 spiro atoms. The van der Waals surface area contributed by atoms with Crippen LogP contribution in [0.25, 0.3) is 0 Å². The fourth-order valence-electron chi connectivity index (χ4n) is 2.75. The summed E-state index contributed by atoms with van der Waals surface area (Å²) in [6, 6.07) is 10.4. The van der Waals surface area contributed by atoms with Crippen molar-refractivity contribution in [2.24, 2.45) is 0 Å². The number of aryl methyl sites for hydroxylation is 1. The van der Waals surface area contributed by atoms with Crippen LogP contribution in [-0.2, 0) is 14.8 Å². The normalized spacial score (nSPS) is 11.3. The van der Waals surface area contributed by atoms with Gasteiger partial charge in [-0.05, 0) is 36.8 Å². The molecule has 9 nitrogen and oxygen atoms in total. The van der Waals surface area contributed by atoms with Gasteiger partial charge in [-0.1, -0.05) is 19.9 Å². The van der Waals surface area contributed by atoms with Gasteiger partial charge in [0.2, 0.25) is 15.9 Å². The quantitative estimate of drug-likeness (QED) is 0.475. The zero-order valence-electron chi connectivity index (χ0n) is 16.5. The molecule has 0 aliphatic rings. The average Bonchev–Trinajstić information content (AvgIpc) is 2.68. The number of amides is 1. The summed E-state index contributed by atoms with van der Waals surface area (Å²) in [4.78, 5) is 22.5. The Labute approximate surface area is 169 Å². The number of carbonyl (C=O) groups excluding carboxylic acids is 1. The Morgan fingerprint density at radius 1 is 1.07 bits per heavy atom. The van der Waals surface area contributed by atoms with Crippen molar-refractivity contribution in [3.05, 3.63) is 58.1 Å². The summed E-state index contributed by atoms with van der Waals surface area (Å²) in [6.45, 7) is 5.88. The fraction of sp³-hybridized carbons (Fsp3) is 0.316. The van der Waals surface area contributed by atoms with Crippen LogP contribution in [0.4, 0.5) is 17.1 Å². The van der Waals surface area contributed by atoms with Gasteiger partial charge in [-0.2, -0.15) is 4.31 Å². The van der Waals surface area contributed by atoms with E-state index in [0.29, 0.717) is 30.0 Å². The molecule has 2 aromatic carbocycles. The Balaban J connectivity index is 2.08. The monoisotopic (exact) mass is 420 g/mol. The second kappa shape index (κ2) is 9.48. The minimum Gasteiger partial charge on any atom is -0.376 e. The van der Waals surface area contributed by atoms with Gasteiger partial charge in [-0.25, -0.2) is 8.42 Å². The van der Waals surface area contributed by atoms with Gasteiger partial charge in [0.05, 0.1) is 16.4 Å². The zero-order chi connectivity index (χ0) is 21.6. The Bertz CT molecular complexity index is 986. The number of carbonyl (C=O) groups is 1. The first-order valence-electron chi connectivity index (χ1n) is 9.08. The molecule has 2 N–H and O–H groups in total. The molecule has 1 amide bonds. The van der Waals surface area contributed by atoms with Crippen molar-refractivity contribution >= 4 is 33.0 Å². The van der Waals surface area contributed by atoms with Crippen LogP contribution in [0.1, 0.15) is 19.4 Å². The van der Waals surface area contributed by atoms with Gasteiger partial charge < -0.3 is 10.6 Å². The van der Waals surface area contributed by atoms with Crippen molar-refractivity contribution in [3.8, 4) is 0 Å². The van der Waals surface area contributed by atoms with E-state index in [1.807, 2.05) is 0 Å². The van der Waals surface area contributed by atoms with Gasteiger partial charge >= 0.3 is 0 Å². The molecule has 2 aromatic rings. The molecule has 29 heavy (non-hydrogen) atoms. The van der Waals surface area contributed by atoms with Gasteiger partial charge in [0.1, 0.15) is 0 Å². The summed E-state index contributed by atoms with van der Waals surface area (Å²) in [7, 11) is -3.65. The first-order valence-corrected chi connectivity index (χ1v) is 10.5. The lowest BCUT2D eigenvalue weighted by molar-refractivity contribution is -0.384. The summed E-state index contributed by atoms with van der Waals surface area (Å²) < 4.78 is 26.9. The molecule has 2 rings (SSSR count). The second-order valence-electron chi connectivity index (χ2n) is 6.28. The molecule has 0 fully saturated rings. The van der Waals surface area contributed by atoms with Gasteiger partial charge in [-0.3, -0.25) is 14.9 Å². The minimum absolute atomic E-state index is 0.0402. The number of hydrogen-bond acceptors (Lipinski definition) is 6. The first-order chi connectivity index (χ1) is 13.7. The van der Waals surface area contributed by atoms with Crippen LogP contribution >= 0.6 is 0 Å². The highest BCUT2D eigenvalue weighted by Gasteiger charge is 2.24. The number of nitro groups is 1. The van der Waals surface area contributed by atoms with Crippen LogP contribution < -0.4 is 10.6 Å². The molecule has 0 saturated carbocycles. The van der Waals surface area contributed by atoms with Crippen LogP contribution in [-0.4, -0.2) is 43.2 Å². The number of anilines is 2. The zero-order valence-corrected chi connectivity index (χ0v) is 17.3. The van der Waals surface area contributed by atoms with E-state index in [0.717, 1.165) is 0 Å². The number of nitrogens with zero attached hydrogens (tertiary/aromatic N) is 2.